The number of aromatic nitrogens is 4. The van der Waals surface area contributed by atoms with Crippen LogP contribution in [0.4, 0.5) is 0 Å². The smallest absolute Gasteiger partial charge is 0.312 e. The van der Waals surface area contributed by atoms with E-state index in [1.165, 1.54) is 0 Å². The fourth-order valence-corrected chi connectivity index (χ4v) is 4.37. The molecule has 1 aliphatic heterocycles. The van der Waals surface area contributed by atoms with Crippen LogP contribution >= 0.6 is 0 Å². The zero-order valence-electron chi connectivity index (χ0n) is 19.7. The summed E-state index contributed by atoms with van der Waals surface area (Å²) in [6.45, 7) is 6.91. The van der Waals surface area contributed by atoms with E-state index in [4.69, 9.17) is 14.2 Å². The summed E-state index contributed by atoms with van der Waals surface area (Å²) < 4.78 is 20.6. The van der Waals surface area contributed by atoms with Crippen molar-refractivity contribution < 1.29 is 19.0 Å². The number of methoxy groups -OCH3 is 1. The number of ether oxygens (including phenoxy) is 3. The van der Waals surface area contributed by atoms with Crippen molar-refractivity contribution in [2.75, 3.05) is 13.7 Å². The molecule has 0 saturated heterocycles. The van der Waals surface area contributed by atoms with Gasteiger partial charge < -0.3 is 18.8 Å². The van der Waals surface area contributed by atoms with Crippen molar-refractivity contribution in [1.82, 2.24) is 19.3 Å². The number of hydrogen-bond donors (Lipinski definition) is 0. The highest BCUT2D eigenvalue weighted by molar-refractivity contribution is 5.77. The molecule has 0 spiro atoms. The Morgan fingerprint density at radius 2 is 2.06 bits per heavy atom. The number of imidazole rings is 1. The molecule has 0 atom stereocenters. The monoisotopic (exact) mass is 460 g/mol. The van der Waals surface area contributed by atoms with E-state index in [9.17, 15) is 4.79 Å². The third-order valence-corrected chi connectivity index (χ3v) is 6.10. The Kier molecular flexibility index (Phi) is 6.06. The van der Waals surface area contributed by atoms with E-state index in [0.29, 0.717) is 19.8 Å². The van der Waals surface area contributed by atoms with Crippen molar-refractivity contribution in [3.63, 3.8) is 0 Å². The molecule has 8 nitrogen and oxygen atoms in total. The van der Waals surface area contributed by atoms with Gasteiger partial charge in [-0.15, -0.1) is 0 Å². The van der Waals surface area contributed by atoms with Crippen LogP contribution in [0.5, 0.6) is 5.75 Å². The number of nitrogens with zero attached hydrogens (tertiary/aromatic N) is 4. The van der Waals surface area contributed by atoms with E-state index < -0.39 is 0 Å². The van der Waals surface area contributed by atoms with Crippen molar-refractivity contribution in [3.05, 3.63) is 65.1 Å². The van der Waals surface area contributed by atoms with Gasteiger partial charge in [-0.05, 0) is 55.3 Å². The fourth-order valence-electron chi connectivity index (χ4n) is 4.37. The molecule has 8 heteroatoms. The summed E-state index contributed by atoms with van der Waals surface area (Å²) >= 11 is 0. The maximum atomic E-state index is 12.7. The van der Waals surface area contributed by atoms with Crippen molar-refractivity contribution in [2.45, 2.75) is 46.6 Å². The Balaban J connectivity index is 1.28. The molecule has 0 unspecified atom stereocenters. The predicted molar refractivity (Wildman–Crippen MR) is 128 cm³/mol. The number of carbonyl (C=O) groups is 1. The predicted octanol–water partition coefficient (Wildman–Crippen LogP) is 4.05. The normalized spacial score (nSPS) is 13.1. The largest absolute Gasteiger partial charge is 0.496 e. The van der Waals surface area contributed by atoms with Crippen molar-refractivity contribution >= 4 is 17.0 Å². The summed E-state index contributed by atoms with van der Waals surface area (Å²) in [7, 11) is 1.65. The molecule has 5 rings (SSSR count). The highest BCUT2D eigenvalue weighted by atomic mass is 16.5. The van der Waals surface area contributed by atoms with Gasteiger partial charge in [0, 0.05) is 18.7 Å². The van der Waals surface area contributed by atoms with Gasteiger partial charge in [0.1, 0.15) is 24.8 Å². The third-order valence-electron chi connectivity index (χ3n) is 6.10. The van der Waals surface area contributed by atoms with E-state index in [-0.39, 0.29) is 19.0 Å². The zero-order valence-corrected chi connectivity index (χ0v) is 19.7. The number of fused-ring (bicyclic) bond motifs is 3. The van der Waals surface area contributed by atoms with E-state index >= 15 is 0 Å². The van der Waals surface area contributed by atoms with Gasteiger partial charge in [-0.2, -0.15) is 5.10 Å². The van der Waals surface area contributed by atoms with Gasteiger partial charge in [0.2, 0.25) is 0 Å². The Labute approximate surface area is 198 Å². The number of carbonyl (C=O) groups excluding carboxylic acids is 1. The van der Waals surface area contributed by atoms with E-state index in [2.05, 4.69) is 14.6 Å². The Morgan fingerprint density at radius 3 is 2.88 bits per heavy atom. The molecule has 2 aromatic carbocycles. The molecule has 2 aromatic heterocycles. The van der Waals surface area contributed by atoms with Crippen LogP contribution in [0.3, 0.4) is 0 Å². The van der Waals surface area contributed by atoms with Crippen LogP contribution in [0.1, 0.15) is 29.6 Å². The van der Waals surface area contributed by atoms with Crippen molar-refractivity contribution in [2.24, 2.45) is 0 Å². The lowest BCUT2D eigenvalue weighted by atomic mass is 10.1. The van der Waals surface area contributed by atoms with Gasteiger partial charge in [-0.1, -0.05) is 12.1 Å². The quantitative estimate of drug-likeness (QED) is 0.387. The summed E-state index contributed by atoms with van der Waals surface area (Å²) in [4.78, 5) is 17.3. The summed E-state index contributed by atoms with van der Waals surface area (Å²) in [6.07, 6.45) is 0.146. The van der Waals surface area contributed by atoms with Gasteiger partial charge in [0.05, 0.1) is 42.6 Å². The van der Waals surface area contributed by atoms with Gasteiger partial charge in [-0.25, -0.2) is 4.98 Å². The molecule has 0 N–H and O–H groups in total. The minimum atomic E-state index is -0.297. The highest BCUT2D eigenvalue weighted by Crippen LogP contribution is 2.30. The molecule has 0 bridgehead atoms. The van der Waals surface area contributed by atoms with Gasteiger partial charge in [0.25, 0.3) is 0 Å². The second-order valence-electron chi connectivity index (χ2n) is 8.43. The molecular formula is C26H28N4O4. The van der Waals surface area contributed by atoms with Crippen LogP contribution in [0.25, 0.3) is 22.3 Å². The minimum Gasteiger partial charge on any atom is -0.496 e. The molecule has 0 saturated carbocycles. The lowest BCUT2D eigenvalue weighted by molar-refractivity contribution is -0.144. The SMILES string of the molecule is CCn1nc(-c2ccc(C)cc2OC)cc1CC(=O)OCc1ccc2c(c1)nc1n2CCOC1. The Morgan fingerprint density at radius 1 is 1.18 bits per heavy atom. The Hall–Kier alpha value is -3.65. The first-order valence-corrected chi connectivity index (χ1v) is 11.5. The van der Waals surface area contributed by atoms with E-state index in [1.54, 1.807) is 7.11 Å². The molecule has 0 fully saturated rings. The number of benzene rings is 2. The molecule has 3 heterocycles. The maximum absolute atomic E-state index is 12.7. The standard InChI is InChI=1S/C26H28N4O4/c1-4-30-19(13-21(28-30)20-7-5-17(2)11-24(20)32-3)14-26(31)34-15-18-6-8-23-22(12-18)27-25-16-33-10-9-29(23)25/h5-8,11-13H,4,9-10,14-16H2,1-3H3. The molecule has 0 radical (unpaired) electrons. The van der Waals surface area contributed by atoms with E-state index in [0.717, 1.165) is 57.2 Å². The topological polar surface area (TPSA) is 80.4 Å². The van der Waals surface area contributed by atoms with Crippen molar-refractivity contribution in [1.29, 1.82) is 0 Å². The van der Waals surface area contributed by atoms with Gasteiger partial charge in [-0.3, -0.25) is 9.48 Å². The number of aryl methyl sites for hydroxylation is 2. The first kappa shape index (κ1) is 22.2. The van der Waals surface area contributed by atoms with Gasteiger partial charge >= 0.3 is 5.97 Å². The molecule has 4 aromatic rings. The lowest BCUT2D eigenvalue weighted by Crippen LogP contribution is -2.16. The van der Waals surface area contributed by atoms with Crippen LogP contribution < -0.4 is 4.74 Å². The van der Waals surface area contributed by atoms with Crippen LogP contribution in [0.2, 0.25) is 0 Å². The summed E-state index contributed by atoms with van der Waals surface area (Å²) in [5, 5.41) is 4.68. The molecule has 1 aliphatic rings. The van der Waals surface area contributed by atoms with Crippen molar-refractivity contribution in [3.8, 4) is 17.0 Å². The molecule has 176 valence electrons. The minimum absolute atomic E-state index is 0.146. The van der Waals surface area contributed by atoms with Crippen LogP contribution in [-0.2, 0) is 47.0 Å². The number of esters is 1. The first-order valence-electron chi connectivity index (χ1n) is 11.5. The second-order valence-corrected chi connectivity index (χ2v) is 8.43. The summed E-state index contributed by atoms with van der Waals surface area (Å²) in [6, 6.07) is 13.9. The summed E-state index contributed by atoms with van der Waals surface area (Å²) in [5.74, 6) is 1.40. The average molecular weight is 461 g/mol. The Bertz CT molecular complexity index is 1350. The fraction of sp³-hybridized carbons (Fsp3) is 0.346. The van der Waals surface area contributed by atoms with Crippen LogP contribution in [-0.4, -0.2) is 39.0 Å². The second kappa shape index (κ2) is 9.30. The number of hydrogen-bond acceptors (Lipinski definition) is 6. The van der Waals surface area contributed by atoms with Crippen LogP contribution in [0.15, 0.2) is 42.5 Å². The average Bonchev–Trinajstić information content (AvgIpc) is 3.43. The number of rotatable bonds is 7. The molecule has 0 aliphatic carbocycles. The zero-order chi connectivity index (χ0) is 23.7. The van der Waals surface area contributed by atoms with Crippen LogP contribution in [0, 0.1) is 6.92 Å². The van der Waals surface area contributed by atoms with E-state index in [1.807, 2.05) is 61.0 Å². The highest BCUT2D eigenvalue weighted by Gasteiger charge is 2.17. The maximum Gasteiger partial charge on any atom is 0.312 e. The molecule has 0 amide bonds. The molecular weight excluding hydrogens is 432 g/mol. The first-order chi connectivity index (χ1) is 16.6. The van der Waals surface area contributed by atoms with Gasteiger partial charge in [0.15, 0.2) is 0 Å². The molecule has 34 heavy (non-hydrogen) atoms. The third kappa shape index (κ3) is 4.28. The lowest BCUT2D eigenvalue weighted by Gasteiger charge is -2.14. The summed E-state index contributed by atoms with van der Waals surface area (Å²) in [5.41, 5.74) is 6.49.